The minimum atomic E-state index is -0.0512. The molecule has 1 N–H and O–H groups in total. The van der Waals surface area contributed by atoms with Gasteiger partial charge in [-0.05, 0) is 32.1 Å². The van der Waals surface area contributed by atoms with Gasteiger partial charge in [-0.1, -0.05) is 0 Å². The molecule has 3 nitrogen and oxygen atoms in total. The maximum atomic E-state index is 11.4. The molecular formula is C9H15NO2. The molecule has 1 aliphatic heterocycles. The van der Waals surface area contributed by atoms with Gasteiger partial charge in [-0.25, -0.2) is 0 Å². The zero-order chi connectivity index (χ0) is 8.55. The van der Waals surface area contributed by atoms with Crippen molar-refractivity contribution >= 4 is 5.97 Å². The SMILES string of the molecule is CCOC(=O)[C@H]1N[C@@H]2CC[C@@H]1C2. The first-order valence-corrected chi connectivity index (χ1v) is 4.74. The molecule has 0 spiro atoms. The molecule has 0 radical (unpaired) electrons. The Labute approximate surface area is 72.5 Å². The fourth-order valence-corrected chi connectivity index (χ4v) is 2.35. The van der Waals surface area contributed by atoms with E-state index in [1.54, 1.807) is 0 Å². The smallest absolute Gasteiger partial charge is 0.323 e. The Morgan fingerprint density at radius 1 is 1.58 bits per heavy atom. The van der Waals surface area contributed by atoms with E-state index in [4.69, 9.17) is 4.74 Å². The van der Waals surface area contributed by atoms with Crippen LogP contribution < -0.4 is 5.32 Å². The number of carbonyl (C=O) groups excluding carboxylic acids is 1. The van der Waals surface area contributed by atoms with E-state index in [9.17, 15) is 4.79 Å². The van der Waals surface area contributed by atoms with E-state index < -0.39 is 0 Å². The van der Waals surface area contributed by atoms with Gasteiger partial charge in [0.15, 0.2) is 0 Å². The van der Waals surface area contributed by atoms with Gasteiger partial charge in [-0.2, -0.15) is 0 Å². The number of hydrogen-bond donors (Lipinski definition) is 1. The molecule has 1 aliphatic carbocycles. The van der Waals surface area contributed by atoms with Gasteiger partial charge < -0.3 is 10.1 Å². The predicted molar refractivity (Wildman–Crippen MR) is 44.7 cm³/mol. The van der Waals surface area contributed by atoms with Crippen molar-refractivity contribution in [2.75, 3.05) is 6.61 Å². The van der Waals surface area contributed by atoms with E-state index >= 15 is 0 Å². The molecule has 1 heterocycles. The molecule has 68 valence electrons. The second-order valence-corrected chi connectivity index (χ2v) is 3.67. The third-order valence-corrected chi connectivity index (χ3v) is 2.90. The topological polar surface area (TPSA) is 38.3 Å². The highest BCUT2D eigenvalue weighted by Crippen LogP contribution is 2.35. The van der Waals surface area contributed by atoms with E-state index in [0.717, 1.165) is 0 Å². The van der Waals surface area contributed by atoms with Crippen molar-refractivity contribution in [1.82, 2.24) is 5.32 Å². The van der Waals surface area contributed by atoms with Gasteiger partial charge in [0.05, 0.1) is 6.61 Å². The van der Waals surface area contributed by atoms with Crippen molar-refractivity contribution in [1.29, 1.82) is 0 Å². The van der Waals surface area contributed by atoms with Crippen molar-refractivity contribution in [3.63, 3.8) is 0 Å². The molecule has 0 amide bonds. The summed E-state index contributed by atoms with van der Waals surface area (Å²) in [5.74, 6) is 0.499. The summed E-state index contributed by atoms with van der Waals surface area (Å²) in [6, 6.07) is 0.591. The largest absolute Gasteiger partial charge is 0.465 e. The van der Waals surface area contributed by atoms with Gasteiger partial charge in [0.2, 0.25) is 0 Å². The van der Waals surface area contributed by atoms with E-state index in [1.807, 2.05) is 6.92 Å². The zero-order valence-corrected chi connectivity index (χ0v) is 7.38. The lowest BCUT2D eigenvalue weighted by molar-refractivity contribution is -0.146. The van der Waals surface area contributed by atoms with Crippen LogP contribution in [0.3, 0.4) is 0 Å². The van der Waals surface area contributed by atoms with Gasteiger partial charge in [-0.15, -0.1) is 0 Å². The first kappa shape index (κ1) is 8.05. The molecular weight excluding hydrogens is 154 g/mol. The zero-order valence-electron chi connectivity index (χ0n) is 7.38. The Kier molecular flexibility index (Phi) is 2.05. The molecule has 0 aromatic rings. The maximum absolute atomic E-state index is 11.4. The number of piperidine rings is 1. The molecule has 3 atom stereocenters. The molecule has 2 rings (SSSR count). The van der Waals surface area contributed by atoms with Crippen LogP contribution in [0.15, 0.2) is 0 Å². The van der Waals surface area contributed by atoms with Crippen LogP contribution in [-0.4, -0.2) is 24.7 Å². The lowest BCUT2D eigenvalue weighted by atomic mass is 10.0. The van der Waals surface area contributed by atoms with E-state index in [0.29, 0.717) is 18.6 Å². The molecule has 2 fully saturated rings. The summed E-state index contributed by atoms with van der Waals surface area (Å²) < 4.78 is 4.98. The molecule has 2 bridgehead atoms. The molecule has 0 aromatic heterocycles. The minimum absolute atomic E-state index is 0.00343. The third-order valence-electron chi connectivity index (χ3n) is 2.90. The van der Waals surface area contributed by atoms with E-state index in [2.05, 4.69) is 5.32 Å². The van der Waals surface area contributed by atoms with Crippen molar-refractivity contribution in [2.24, 2.45) is 5.92 Å². The van der Waals surface area contributed by atoms with E-state index in [-0.39, 0.29) is 12.0 Å². The van der Waals surface area contributed by atoms with Crippen molar-refractivity contribution < 1.29 is 9.53 Å². The van der Waals surface area contributed by atoms with Crippen LogP contribution in [0.4, 0.5) is 0 Å². The Morgan fingerprint density at radius 2 is 2.42 bits per heavy atom. The second kappa shape index (κ2) is 3.05. The van der Waals surface area contributed by atoms with Gasteiger partial charge in [0.1, 0.15) is 6.04 Å². The monoisotopic (exact) mass is 169 g/mol. The average Bonchev–Trinajstić information content (AvgIpc) is 2.64. The van der Waals surface area contributed by atoms with Crippen molar-refractivity contribution in [2.45, 2.75) is 38.3 Å². The number of ether oxygens (including phenoxy) is 1. The third kappa shape index (κ3) is 1.22. The van der Waals surface area contributed by atoms with Crippen LogP contribution in [0, 0.1) is 5.92 Å². The van der Waals surface area contributed by atoms with Gasteiger partial charge in [0.25, 0.3) is 0 Å². The molecule has 0 aromatic carbocycles. The number of nitrogens with one attached hydrogen (secondary N) is 1. The number of carbonyl (C=O) groups is 1. The fraction of sp³-hybridized carbons (Fsp3) is 0.889. The van der Waals surface area contributed by atoms with Crippen LogP contribution >= 0.6 is 0 Å². The highest BCUT2D eigenvalue weighted by molar-refractivity contribution is 5.76. The number of hydrogen-bond acceptors (Lipinski definition) is 3. The summed E-state index contributed by atoms with van der Waals surface area (Å²) in [5, 5.41) is 3.30. The molecule has 0 unspecified atom stereocenters. The second-order valence-electron chi connectivity index (χ2n) is 3.67. The summed E-state index contributed by atoms with van der Waals surface area (Å²) in [6.45, 7) is 2.35. The van der Waals surface area contributed by atoms with Crippen molar-refractivity contribution in [3.05, 3.63) is 0 Å². The highest BCUT2D eigenvalue weighted by atomic mass is 16.5. The van der Waals surface area contributed by atoms with Crippen molar-refractivity contribution in [3.8, 4) is 0 Å². The predicted octanol–water partition coefficient (Wildman–Crippen LogP) is 0.690. The lowest BCUT2D eigenvalue weighted by Crippen LogP contribution is -2.42. The highest BCUT2D eigenvalue weighted by Gasteiger charge is 2.43. The van der Waals surface area contributed by atoms with E-state index in [1.165, 1.54) is 19.3 Å². The summed E-state index contributed by atoms with van der Waals surface area (Å²) in [7, 11) is 0. The first-order valence-electron chi connectivity index (χ1n) is 4.74. The maximum Gasteiger partial charge on any atom is 0.323 e. The Hall–Kier alpha value is -0.570. The molecule has 12 heavy (non-hydrogen) atoms. The van der Waals surface area contributed by atoms with Gasteiger partial charge in [-0.3, -0.25) is 4.79 Å². The first-order chi connectivity index (χ1) is 5.81. The quantitative estimate of drug-likeness (QED) is 0.618. The lowest BCUT2D eigenvalue weighted by Gasteiger charge is -2.20. The molecule has 1 saturated heterocycles. The van der Waals surface area contributed by atoms with Crippen LogP contribution in [0.25, 0.3) is 0 Å². The van der Waals surface area contributed by atoms with Crippen LogP contribution in [0.2, 0.25) is 0 Å². The number of rotatable bonds is 2. The summed E-state index contributed by atoms with van der Waals surface area (Å²) in [5.41, 5.74) is 0. The van der Waals surface area contributed by atoms with Crippen LogP contribution in [0.1, 0.15) is 26.2 Å². The Morgan fingerprint density at radius 3 is 2.92 bits per heavy atom. The summed E-state index contributed by atoms with van der Waals surface area (Å²) in [6.07, 6.45) is 3.60. The number of fused-ring (bicyclic) bond motifs is 2. The Bertz CT molecular complexity index is 193. The average molecular weight is 169 g/mol. The van der Waals surface area contributed by atoms with Gasteiger partial charge in [0, 0.05) is 6.04 Å². The fourth-order valence-electron chi connectivity index (χ4n) is 2.35. The molecule has 1 saturated carbocycles. The Balaban J connectivity index is 1.93. The standard InChI is InChI=1S/C9H15NO2/c1-2-12-9(11)8-6-3-4-7(5-6)10-8/h6-8,10H,2-5H2,1H3/t6-,7-,8+/m1/s1. The minimum Gasteiger partial charge on any atom is -0.465 e. The van der Waals surface area contributed by atoms with Gasteiger partial charge >= 0.3 is 5.97 Å². The number of esters is 1. The molecule has 3 heteroatoms. The summed E-state index contributed by atoms with van der Waals surface area (Å²) >= 11 is 0. The normalized spacial score (nSPS) is 38.6. The molecule has 2 aliphatic rings. The van der Waals surface area contributed by atoms with Crippen LogP contribution in [0.5, 0.6) is 0 Å². The van der Waals surface area contributed by atoms with Crippen LogP contribution in [-0.2, 0) is 9.53 Å². The summed E-state index contributed by atoms with van der Waals surface area (Å²) in [4.78, 5) is 11.4.